The van der Waals surface area contributed by atoms with Crippen molar-refractivity contribution in [2.75, 3.05) is 24.6 Å². The molecule has 0 aromatic heterocycles. The van der Waals surface area contributed by atoms with Crippen molar-refractivity contribution < 1.29 is 8.42 Å². The lowest BCUT2D eigenvalue weighted by atomic mass is 10.1. The van der Waals surface area contributed by atoms with Gasteiger partial charge in [-0.1, -0.05) is 42.5 Å². The maximum absolute atomic E-state index is 11.6. The highest BCUT2D eigenvalue weighted by atomic mass is 32.2. The van der Waals surface area contributed by atoms with Gasteiger partial charge in [0.1, 0.15) is 0 Å². The van der Waals surface area contributed by atoms with E-state index in [9.17, 15) is 8.42 Å². The van der Waals surface area contributed by atoms with Crippen LogP contribution in [0.25, 0.3) is 6.08 Å². The fourth-order valence-electron chi connectivity index (χ4n) is 3.43. The highest BCUT2D eigenvalue weighted by Gasteiger charge is 2.32. The number of benzene rings is 1. The van der Waals surface area contributed by atoms with Gasteiger partial charge in [-0.25, -0.2) is 8.42 Å². The van der Waals surface area contributed by atoms with Crippen molar-refractivity contribution in [1.29, 1.82) is 0 Å². The van der Waals surface area contributed by atoms with Gasteiger partial charge in [-0.2, -0.15) is 0 Å². The Bertz CT molecular complexity index is 594. The Labute approximate surface area is 127 Å². The summed E-state index contributed by atoms with van der Waals surface area (Å²) < 4.78 is 23.1. The molecule has 2 atom stereocenters. The predicted octanol–water partition coefficient (Wildman–Crippen LogP) is 2.60. The molecule has 1 aromatic carbocycles. The summed E-state index contributed by atoms with van der Waals surface area (Å²) in [5.41, 5.74) is 1.23. The van der Waals surface area contributed by atoms with E-state index in [-0.39, 0.29) is 0 Å². The molecule has 3 rings (SSSR count). The van der Waals surface area contributed by atoms with Gasteiger partial charge in [0.05, 0.1) is 11.5 Å². The third-order valence-electron chi connectivity index (χ3n) is 4.54. The molecule has 0 aliphatic carbocycles. The molecule has 0 radical (unpaired) electrons. The van der Waals surface area contributed by atoms with E-state index >= 15 is 0 Å². The Morgan fingerprint density at radius 1 is 1.19 bits per heavy atom. The van der Waals surface area contributed by atoms with Crippen LogP contribution in [0.1, 0.15) is 24.8 Å². The van der Waals surface area contributed by atoms with E-state index in [2.05, 4.69) is 41.3 Å². The number of hydrogen-bond donors (Lipinski definition) is 0. The largest absolute Gasteiger partial charge is 0.297 e. The van der Waals surface area contributed by atoms with Gasteiger partial charge in [0.2, 0.25) is 0 Å². The number of rotatable bonds is 4. The second kappa shape index (κ2) is 6.32. The number of hydrogen-bond acceptors (Lipinski definition) is 3. The summed E-state index contributed by atoms with van der Waals surface area (Å²) in [5.74, 6) is 1.11. The Morgan fingerprint density at radius 3 is 2.71 bits per heavy atom. The van der Waals surface area contributed by atoms with Crippen LogP contribution >= 0.6 is 0 Å². The average Bonchev–Trinajstić information content (AvgIpc) is 3.04. The molecular weight excluding hydrogens is 282 g/mol. The molecule has 0 amide bonds. The monoisotopic (exact) mass is 305 g/mol. The molecule has 0 N–H and O–H groups in total. The first-order valence-electron chi connectivity index (χ1n) is 7.80. The third kappa shape index (κ3) is 3.95. The minimum Gasteiger partial charge on any atom is -0.297 e. The second-order valence-electron chi connectivity index (χ2n) is 6.24. The van der Waals surface area contributed by atoms with Gasteiger partial charge < -0.3 is 0 Å². The van der Waals surface area contributed by atoms with Crippen LogP contribution in [-0.2, 0) is 9.84 Å². The van der Waals surface area contributed by atoms with Crippen molar-refractivity contribution in [2.45, 2.75) is 25.3 Å². The fraction of sp³-hybridized carbons (Fsp3) is 0.529. The zero-order valence-corrected chi connectivity index (χ0v) is 13.1. The van der Waals surface area contributed by atoms with E-state index in [0.29, 0.717) is 23.5 Å². The summed E-state index contributed by atoms with van der Waals surface area (Å²) in [7, 11) is -2.75. The summed E-state index contributed by atoms with van der Waals surface area (Å²) in [6.07, 6.45) is 7.71. The molecule has 0 bridgehead atoms. The van der Waals surface area contributed by atoms with Crippen LogP contribution in [0, 0.1) is 5.92 Å². The molecule has 0 saturated carbocycles. The van der Waals surface area contributed by atoms with E-state index < -0.39 is 9.84 Å². The van der Waals surface area contributed by atoms with Crippen LogP contribution in [-0.4, -0.2) is 44.0 Å². The lowest BCUT2D eigenvalue weighted by molar-refractivity contribution is 0.252. The molecule has 1 aromatic rings. The van der Waals surface area contributed by atoms with Gasteiger partial charge in [0.15, 0.2) is 9.84 Å². The van der Waals surface area contributed by atoms with Gasteiger partial charge in [-0.05, 0) is 37.3 Å². The standard InChI is InChI=1S/C17H23NO2S/c19-21(20)12-10-16(14-21)13-18-11-4-7-17(18)9-8-15-5-2-1-3-6-15/h1-3,5-6,8-9,16-17H,4,7,10-14H2/b9-8+/t16-,17-/m0/s1. The summed E-state index contributed by atoms with van der Waals surface area (Å²) in [6.45, 7) is 2.03. The van der Waals surface area contributed by atoms with Crippen molar-refractivity contribution in [3.05, 3.63) is 42.0 Å². The zero-order chi connectivity index (χ0) is 14.7. The molecule has 0 unspecified atom stereocenters. The van der Waals surface area contributed by atoms with Crippen molar-refractivity contribution in [3.8, 4) is 0 Å². The first kappa shape index (κ1) is 14.8. The molecule has 2 aliphatic heterocycles. The Balaban J connectivity index is 1.59. The molecule has 2 heterocycles. The molecule has 0 spiro atoms. The van der Waals surface area contributed by atoms with E-state index in [0.717, 1.165) is 19.5 Å². The molecular formula is C17H23NO2S. The fourth-order valence-corrected chi connectivity index (χ4v) is 5.28. The highest BCUT2D eigenvalue weighted by Crippen LogP contribution is 2.25. The van der Waals surface area contributed by atoms with E-state index in [1.54, 1.807) is 0 Å². The van der Waals surface area contributed by atoms with Gasteiger partial charge in [0.25, 0.3) is 0 Å². The topological polar surface area (TPSA) is 37.4 Å². The number of nitrogens with zero attached hydrogens (tertiary/aromatic N) is 1. The highest BCUT2D eigenvalue weighted by molar-refractivity contribution is 7.91. The minimum absolute atomic E-state index is 0.334. The molecule has 21 heavy (non-hydrogen) atoms. The average molecular weight is 305 g/mol. The van der Waals surface area contributed by atoms with Crippen LogP contribution in [0.2, 0.25) is 0 Å². The predicted molar refractivity (Wildman–Crippen MR) is 86.8 cm³/mol. The lowest BCUT2D eigenvalue weighted by Crippen LogP contribution is -2.33. The van der Waals surface area contributed by atoms with E-state index in [1.165, 1.54) is 18.4 Å². The van der Waals surface area contributed by atoms with Gasteiger partial charge in [0, 0.05) is 12.6 Å². The third-order valence-corrected chi connectivity index (χ3v) is 6.38. The quantitative estimate of drug-likeness (QED) is 0.858. The molecule has 3 nitrogen and oxygen atoms in total. The Kier molecular flexibility index (Phi) is 4.45. The summed E-state index contributed by atoms with van der Waals surface area (Å²) in [6, 6.07) is 10.8. The van der Waals surface area contributed by atoms with E-state index in [4.69, 9.17) is 0 Å². The normalized spacial score (nSPS) is 29.3. The summed E-state index contributed by atoms with van der Waals surface area (Å²) >= 11 is 0. The van der Waals surface area contributed by atoms with Crippen molar-refractivity contribution in [3.63, 3.8) is 0 Å². The maximum atomic E-state index is 11.6. The van der Waals surface area contributed by atoms with Crippen molar-refractivity contribution >= 4 is 15.9 Å². The van der Waals surface area contributed by atoms with Crippen LogP contribution in [0.5, 0.6) is 0 Å². The molecule has 4 heteroatoms. The Morgan fingerprint density at radius 2 is 2.00 bits per heavy atom. The minimum atomic E-state index is -2.75. The van der Waals surface area contributed by atoms with Gasteiger partial charge in [-0.15, -0.1) is 0 Å². The van der Waals surface area contributed by atoms with Crippen molar-refractivity contribution in [1.82, 2.24) is 4.90 Å². The maximum Gasteiger partial charge on any atom is 0.150 e. The van der Waals surface area contributed by atoms with Gasteiger partial charge >= 0.3 is 0 Å². The van der Waals surface area contributed by atoms with Crippen LogP contribution in [0.4, 0.5) is 0 Å². The second-order valence-corrected chi connectivity index (χ2v) is 8.47. The SMILES string of the molecule is O=S1(=O)CC[C@@H](CN2CCC[C@H]2/C=C/c2ccccc2)C1. The molecule has 2 saturated heterocycles. The van der Waals surface area contributed by atoms with Crippen LogP contribution in [0.3, 0.4) is 0 Å². The number of likely N-dealkylation sites (tertiary alicyclic amines) is 1. The Hall–Kier alpha value is -1.13. The summed E-state index contributed by atoms with van der Waals surface area (Å²) in [5, 5.41) is 0. The van der Waals surface area contributed by atoms with E-state index in [1.807, 2.05) is 6.07 Å². The first-order chi connectivity index (χ1) is 10.1. The van der Waals surface area contributed by atoms with Gasteiger partial charge in [-0.3, -0.25) is 4.90 Å². The van der Waals surface area contributed by atoms with Crippen LogP contribution in [0.15, 0.2) is 36.4 Å². The van der Waals surface area contributed by atoms with Crippen LogP contribution < -0.4 is 0 Å². The zero-order valence-electron chi connectivity index (χ0n) is 12.3. The van der Waals surface area contributed by atoms with Crippen molar-refractivity contribution in [2.24, 2.45) is 5.92 Å². The lowest BCUT2D eigenvalue weighted by Gasteiger charge is -2.24. The molecule has 2 fully saturated rings. The number of sulfone groups is 1. The smallest absolute Gasteiger partial charge is 0.150 e. The molecule has 2 aliphatic rings. The molecule has 114 valence electrons. The first-order valence-corrected chi connectivity index (χ1v) is 9.62. The summed E-state index contributed by atoms with van der Waals surface area (Å²) in [4.78, 5) is 2.46.